The molecule has 0 aliphatic carbocycles. The van der Waals surface area contributed by atoms with Crippen molar-refractivity contribution in [2.45, 2.75) is 19.9 Å². The van der Waals surface area contributed by atoms with E-state index in [1.54, 1.807) is 0 Å². The van der Waals surface area contributed by atoms with E-state index in [0.29, 0.717) is 17.5 Å². The number of anilines is 1. The lowest BCUT2D eigenvalue weighted by molar-refractivity contribution is 1.06. The molecule has 110 valence electrons. The van der Waals surface area contributed by atoms with Gasteiger partial charge in [-0.1, -0.05) is 36.7 Å². The van der Waals surface area contributed by atoms with Crippen molar-refractivity contribution in [3.63, 3.8) is 0 Å². The summed E-state index contributed by atoms with van der Waals surface area (Å²) in [6.07, 6.45) is 0.950. The molecular weight excluding hydrogens is 397 g/mol. The summed E-state index contributed by atoms with van der Waals surface area (Å²) in [5, 5.41) is 3.70. The maximum atomic E-state index is 6.16. The molecule has 0 saturated heterocycles. The number of rotatable bonds is 4. The average Bonchev–Trinajstić information content (AvgIpc) is 2.47. The van der Waals surface area contributed by atoms with Gasteiger partial charge in [0.05, 0.1) is 17.3 Å². The fourth-order valence-corrected chi connectivity index (χ4v) is 2.65. The molecule has 0 bridgehead atoms. The fourth-order valence-electron chi connectivity index (χ4n) is 1.88. The van der Waals surface area contributed by atoms with Gasteiger partial charge in [0.25, 0.3) is 0 Å². The molecule has 0 amide bonds. The third kappa shape index (κ3) is 4.89. The molecule has 21 heavy (non-hydrogen) atoms. The van der Waals surface area contributed by atoms with Crippen LogP contribution in [0.5, 0.6) is 0 Å². The van der Waals surface area contributed by atoms with Gasteiger partial charge in [-0.05, 0) is 64.4 Å². The number of benzene rings is 2. The predicted molar refractivity (Wildman–Crippen MR) is 98.9 cm³/mol. The summed E-state index contributed by atoms with van der Waals surface area (Å²) in [5.41, 5.74) is 9.05. The molecule has 0 saturated carbocycles. The highest BCUT2D eigenvalue weighted by Gasteiger charge is 2.03. The number of nitrogens with two attached hydrogens (primary N) is 1. The second-order valence-electron chi connectivity index (χ2n) is 4.62. The summed E-state index contributed by atoms with van der Waals surface area (Å²) in [7, 11) is 0. The second-order valence-corrected chi connectivity index (χ2v) is 6.28. The Bertz CT molecular complexity index is 656. The van der Waals surface area contributed by atoms with Gasteiger partial charge in [0.1, 0.15) is 0 Å². The molecule has 0 atom stereocenters. The van der Waals surface area contributed by atoms with Gasteiger partial charge in [0, 0.05) is 3.57 Å². The normalized spacial score (nSPS) is 11.5. The van der Waals surface area contributed by atoms with Crippen molar-refractivity contribution >= 4 is 45.8 Å². The van der Waals surface area contributed by atoms with Crippen LogP contribution in [-0.4, -0.2) is 5.96 Å². The van der Waals surface area contributed by atoms with Gasteiger partial charge in [-0.25, -0.2) is 4.99 Å². The largest absolute Gasteiger partial charge is 0.370 e. The molecule has 2 aromatic carbocycles. The SMILES string of the molecule is CCc1ccc(Cl)c(NC(N)=NCc2cccc(I)c2)c1. The third-order valence-electron chi connectivity index (χ3n) is 3.02. The van der Waals surface area contributed by atoms with Crippen LogP contribution in [0.2, 0.25) is 5.02 Å². The number of aliphatic imine (C=N–C) groups is 1. The zero-order valence-electron chi connectivity index (χ0n) is 11.7. The highest BCUT2D eigenvalue weighted by Crippen LogP contribution is 2.23. The maximum absolute atomic E-state index is 6.16. The Balaban J connectivity index is 2.07. The van der Waals surface area contributed by atoms with Crippen LogP contribution < -0.4 is 11.1 Å². The van der Waals surface area contributed by atoms with Crippen LogP contribution in [0.25, 0.3) is 0 Å². The zero-order valence-corrected chi connectivity index (χ0v) is 14.6. The van der Waals surface area contributed by atoms with Crippen LogP contribution in [0, 0.1) is 3.57 Å². The van der Waals surface area contributed by atoms with Crippen LogP contribution in [0.3, 0.4) is 0 Å². The molecular formula is C16H17ClIN3. The van der Waals surface area contributed by atoms with Crippen molar-refractivity contribution in [3.05, 3.63) is 62.2 Å². The summed E-state index contributed by atoms with van der Waals surface area (Å²) in [6, 6.07) is 14.0. The van der Waals surface area contributed by atoms with Crippen LogP contribution >= 0.6 is 34.2 Å². The van der Waals surface area contributed by atoms with Gasteiger partial charge in [0.2, 0.25) is 0 Å². The standard InChI is InChI=1S/C16H17ClIN3/c1-2-11-6-7-14(17)15(9-11)21-16(19)20-10-12-4-3-5-13(18)8-12/h3-9H,2,10H2,1H3,(H3,19,20,21). The number of halogens is 2. The van der Waals surface area contributed by atoms with E-state index < -0.39 is 0 Å². The van der Waals surface area contributed by atoms with Crippen LogP contribution in [-0.2, 0) is 13.0 Å². The Kier molecular flexibility index (Phi) is 5.87. The van der Waals surface area contributed by atoms with Crippen molar-refractivity contribution in [1.29, 1.82) is 0 Å². The predicted octanol–water partition coefficient (Wildman–Crippen LogP) is 4.43. The lowest BCUT2D eigenvalue weighted by atomic mass is 10.1. The first-order valence-corrected chi connectivity index (χ1v) is 8.14. The molecule has 3 N–H and O–H groups in total. The van der Waals surface area contributed by atoms with Crippen LogP contribution in [0.4, 0.5) is 5.69 Å². The summed E-state index contributed by atoms with van der Waals surface area (Å²) >= 11 is 8.44. The van der Waals surface area contributed by atoms with Crippen molar-refractivity contribution < 1.29 is 0 Å². The van der Waals surface area contributed by atoms with Gasteiger partial charge < -0.3 is 11.1 Å². The lowest BCUT2D eigenvalue weighted by Crippen LogP contribution is -2.22. The van der Waals surface area contributed by atoms with E-state index in [-0.39, 0.29) is 0 Å². The Morgan fingerprint density at radius 1 is 1.24 bits per heavy atom. The number of guanidine groups is 1. The highest BCUT2D eigenvalue weighted by molar-refractivity contribution is 14.1. The number of nitrogens with zero attached hydrogens (tertiary/aromatic N) is 1. The van der Waals surface area contributed by atoms with Crippen LogP contribution in [0.1, 0.15) is 18.1 Å². The number of nitrogens with one attached hydrogen (secondary N) is 1. The number of hydrogen-bond donors (Lipinski definition) is 2. The quantitative estimate of drug-likeness (QED) is 0.442. The van der Waals surface area contributed by atoms with Crippen molar-refractivity contribution in [3.8, 4) is 0 Å². The summed E-state index contributed by atoms with van der Waals surface area (Å²) < 4.78 is 1.19. The molecule has 0 unspecified atom stereocenters. The highest BCUT2D eigenvalue weighted by atomic mass is 127. The zero-order chi connectivity index (χ0) is 15.2. The van der Waals surface area contributed by atoms with E-state index in [9.17, 15) is 0 Å². The average molecular weight is 414 g/mol. The molecule has 0 spiro atoms. The van der Waals surface area contributed by atoms with E-state index in [2.05, 4.69) is 45.9 Å². The minimum atomic E-state index is 0.365. The molecule has 2 aromatic rings. The first-order valence-electron chi connectivity index (χ1n) is 6.68. The fraction of sp³-hybridized carbons (Fsp3) is 0.188. The smallest absolute Gasteiger partial charge is 0.193 e. The summed E-state index contributed by atoms with van der Waals surface area (Å²) in [5.74, 6) is 0.365. The van der Waals surface area contributed by atoms with Crippen LogP contribution in [0.15, 0.2) is 47.5 Å². The second kappa shape index (κ2) is 7.66. The van der Waals surface area contributed by atoms with Gasteiger partial charge >= 0.3 is 0 Å². The van der Waals surface area contributed by atoms with E-state index in [1.807, 2.05) is 36.4 Å². The summed E-state index contributed by atoms with van der Waals surface area (Å²) in [4.78, 5) is 4.35. The first-order chi connectivity index (χ1) is 10.1. The molecule has 0 fully saturated rings. The molecule has 0 aliphatic heterocycles. The lowest BCUT2D eigenvalue weighted by Gasteiger charge is -2.09. The van der Waals surface area contributed by atoms with Crippen molar-refractivity contribution in [2.75, 3.05) is 5.32 Å². The van der Waals surface area contributed by atoms with Gasteiger partial charge in [-0.3, -0.25) is 0 Å². The third-order valence-corrected chi connectivity index (χ3v) is 4.02. The molecule has 3 nitrogen and oxygen atoms in total. The molecule has 0 aliphatic rings. The number of hydrogen-bond acceptors (Lipinski definition) is 1. The Morgan fingerprint density at radius 3 is 2.76 bits per heavy atom. The van der Waals surface area contributed by atoms with E-state index in [1.165, 1.54) is 9.13 Å². The molecule has 5 heteroatoms. The molecule has 0 aromatic heterocycles. The Hall–Kier alpha value is -1.27. The molecule has 0 heterocycles. The molecule has 0 radical (unpaired) electrons. The molecule has 2 rings (SSSR count). The minimum absolute atomic E-state index is 0.365. The topological polar surface area (TPSA) is 50.4 Å². The van der Waals surface area contributed by atoms with E-state index >= 15 is 0 Å². The Morgan fingerprint density at radius 2 is 2.05 bits per heavy atom. The van der Waals surface area contributed by atoms with Crippen molar-refractivity contribution in [1.82, 2.24) is 0 Å². The van der Waals surface area contributed by atoms with Gasteiger partial charge in [-0.2, -0.15) is 0 Å². The number of aryl methyl sites for hydroxylation is 1. The van der Waals surface area contributed by atoms with E-state index in [4.69, 9.17) is 17.3 Å². The first kappa shape index (κ1) is 16.1. The summed E-state index contributed by atoms with van der Waals surface area (Å²) in [6.45, 7) is 2.64. The van der Waals surface area contributed by atoms with E-state index in [0.717, 1.165) is 17.7 Å². The maximum Gasteiger partial charge on any atom is 0.193 e. The minimum Gasteiger partial charge on any atom is -0.370 e. The van der Waals surface area contributed by atoms with Gasteiger partial charge in [-0.15, -0.1) is 0 Å². The monoisotopic (exact) mass is 413 g/mol. The van der Waals surface area contributed by atoms with Gasteiger partial charge in [0.15, 0.2) is 5.96 Å². The van der Waals surface area contributed by atoms with Crippen molar-refractivity contribution in [2.24, 2.45) is 10.7 Å². The Labute approximate surface area is 143 Å².